The molecule has 0 aromatic carbocycles. The average Bonchev–Trinajstić information content (AvgIpc) is 2.29. The van der Waals surface area contributed by atoms with Crippen LogP contribution in [0.5, 0.6) is 0 Å². The highest BCUT2D eigenvalue weighted by Crippen LogP contribution is 2.33. The number of amides is 1. The molecule has 68 valence electrons. The van der Waals surface area contributed by atoms with Gasteiger partial charge in [0.05, 0.1) is 11.0 Å². The number of halogens is 1. The molecule has 12 heavy (non-hydrogen) atoms. The minimum atomic E-state index is 0.114. The summed E-state index contributed by atoms with van der Waals surface area (Å²) in [6.07, 6.45) is 1.08. The maximum Gasteiger partial charge on any atom is 0.237 e. The summed E-state index contributed by atoms with van der Waals surface area (Å²) in [5, 5.41) is 2.90. The van der Waals surface area contributed by atoms with Crippen LogP contribution in [-0.2, 0) is 4.79 Å². The van der Waals surface area contributed by atoms with Gasteiger partial charge in [-0.15, -0.1) is 0 Å². The summed E-state index contributed by atoms with van der Waals surface area (Å²) in [5.41, 5.74) is 0. The van der Waals surface area contributed by atoms with Gasteiger partial charge in [-0.1, -0.05) is 22.9 Å². The average molecular weight is 233 g/mol. The van der Waals surface area contributed by atoms with Crippen LogP contribution in [0.4, 0.5) is 0 Å². The van der Waals surface area contributed by atoms with Crippen molar-refractivity contribution in [3.63, 3.8) is 0 Å². The van der Waals surface area contributed by atoms with Crippen LogP contribution in [-0.4, -0.2) is 34.9 Å². The van der Waals surface area contributed by atoms with E-state index >= 15 is 0 Å². The number of hydrogen-bond acceptors (Lipinski definition) is 2. The SMILES string of the molecule is CC1CC(Br)N2CCNC(=O)C12. The second kappa shape index (κ2) is 3.00. The lowest BCUT2D eigenvalue weighted by atomic mass is 10.0. The van der Waals surface area contributed by atoms with Crippen LogP contribution in [0.2, 0.25) is 0 Å². The van der Waals surface area contributed by atoms with Crippen molar-refractivity contribution in [2.45, 2.75) is 24.3 Å². The van der Waals surface area contributed by atoms with Crippen molar-refractivity contribution in [1.82, 2.24) is 10.2 Å². The molecule has 2 rings (SSSR count). The van der Waals surface area contributed by atoms with E-state index < -0.39 is 0 Å². The Balaban J connectivity index is 2.19. The number of nitrogens with zero attached hydrogens (tertiary/aromatic N) is 1. The zero-order valence-corrected chi connectivity index (χ0v) is 8.67. The van der Waals surface area contributed by atoms with E-state index in [1.54, 1.807) is 0 Å². The van der Waals surface area contributed by atoms with Crippen molar-refractivity contribution < 1.29 is 4.79 Å². The zero-order chi connectivity index (χ0) is 8.72. The molecule has 4 heteroatoms. The number of hydrogen-bond donors (Lipinski definition) is 1. The van der Waals surface area contributed by atoms with E-state index in [0.717, 1.165) is 19.5 Å². The largest absolute Gasteiger partial charge is 0.353 e. The molecule has 2 aliphatic heterocycles. The van der Waals surface area contributed by atoms with Crippen LogP contribution >= 0.6 is 15.9 Å². The van der Waals surface area contributed by atoms with E-state index in [2.05, 4.69) is 33.1 Å². The van der Waals surface area contributed by atoms with Crippen molar-refractivity contribution in [2.75, 3.05) is 13.1 Å². The Morgan fingerprint density at radius 1 is 1.67 bits per heavy atom. The number of carbonyl (C=O) groups excluding carboxylic acids is 1. The van der Waals surface area contributed by atoms with E-state index in [0.29, 0.717) is 10.9 Å². The quantitative estimate of drug-likeness (QED) is 0.489. The fourth-order valence-corrected chi connectivity index (χ4v) is 3.22. The molecule has 2 saturated heterocycles. The first-order valence-corrected chi connectivity index (χ1v) is 5.29. The molecule has 2 fully saturated rings. The van der Waals surface area contributed by atoms with Crippen molar-refractivity contribution in [2.24, 2.45) is 5.92 Å². The molecule has 2 heterocycles. The van der Waals surface area contributed by atoms with E-state index in [-0.39, 0.29) is 11.9 Å². The van der Waals surface area contributed by atoms with Gasteiger partial charge in [0.25, 0.3) is 0 Å². The summed E-state index contributed by atoms with van der Waals surface area (Å²) in [4.78, 5) is 14.1. The molecular formula is C8H13BrN2O. The van der Waals surface area contributed by atoms with E-state index in [1.165, 1.54) is 0 Å². The molecule has 0 bridgehead atoms. The smallest absolute Gasteiger partial charge is 0.237 e. The van der Waals surface area contributed by atoms with Gasteiger partial charge in [0.1, 0.15) is 0 Å². The fraction of sp³-hybridized carbons (Fsp3) is 0.875. The maximum atomic E-state index is 11.5. The van der Waals surface area contributed by atoms with Gasteiger partial charge < -0.3 is 5.32 Å². The lowest BCUT2D eigenvalue weighted by Gasteiger charge is -2.32. The summed E-state index contributed by atoms with van der Waals surface area (Å²) in [5.74, 6) is 0.686. The number of alkyl halides is 1. The number of nitrogens with one attached hydrogen (secondary N) is 1. The Morgan fingerprint density at radius 3 is 3.08 bits per heavy atom. The van der Waals surface area contributed by atoms with Gasteiger partial charge in [-0.2, -0.15) is 0 Å². The molecule has 3 atom stereocenters. The molecular weight excluding hydrogens is 220 g/mol. The Kier molecular flexibility index (Phi) is 2.12. The van der Waals surface area contributed by atoms with E-state index in [1.807, 2.05) is 0 Å². The molecule has 3 nitrogen and oxygen atoms in total. The molecule has 0 aromatic rings. The third-order valence-corrected chi connectivity index (χ3v) is 3.66. The van der Waals surface area contributed by atoms with Gasteiger partial charge in [-0.3, -0.25) is 9.69 Å². The highest BCUT2D eigenvalue weighted by atomic mass is 79.9. The lowest BCUT2D eigenvalue weighted by molar-refractivity contribution is -0.128. The number of rotatable bonds is 0. The van der Waals surface area contributed by atoms with Crippen molar-refractivity contribution in [1.29, 1.82) is 0 Å². The normalized spacial score (nSPS) is 42.5. The van der Waals surface area contributed by atoms with Crippen LogP contribution < -0.4 is 5.32 Å². The van der Waals surface area contributed by atoms with Gasteiger partial charge in [-0.25, -0.2) is 0 Å². The third kappa shape index (κ3) is 1.17. The second-order valence-electron chi connectivity index (χ2n) is 3.62. The minimum Gasteiger partial charge on any atom is -0.353 e. The Morgan fingerprint density at radius 2 is 2.42 bits per heavy atom. The van der Waals surface area contributed by atoms with Gasteiger partial charge in [0.15, 0.2) is 0 Å². The number of piperazine rings is 1. The van der Waals surface area contributed by atoms with Crippen molar-refractivity contribution >= 4 is 21.8 Å². The molecule has 2 aliphatic rings. The van der Waals surface area contributed by atoms with Crippen LogP contribution in [0.15, 0.2) is 0 Å². The first-order chi connectivity index (χ1) is 5.70. The highest BCUT2D eigenvalue weighted by Gasteiger charge is 2.43. The van der Waals surface area contributed by atoms with Crippen molar-refractivity contribution in [3.8, 4) is 0 Å². The molecule has 0 aliphatic carbocycles. The minimum absolute atomic E-state index is 0.114. The maximum absolute atomic E-state index is 11.5. The highest BCUT2D eigenvalue weighted by molar-refractivity contribution is 9.09. The predicted octanol–water partition coefficient (Wildman–Crippen LogP) is 0.548. The summed E-state index contributed by atoms with van der Waals surface area (Å²) >= 11 is 3.59. The van der Waals surface area contributed by atoms with Gasteiger partial charge in [0, 0.05) is 13.1 Å². The molecule has 0 aromatic heterocycles. The third-order valence-electron chi connectivity index (χ3n) is 2.76. The zero-order valence-electron chi connectivity index (χ0n) is 7.09. The Hall–Kier alpha value is -0.0900. The second-order valence-corrected chi connectivity index (χ2v) is 4.68. The van der Waals surface area contributed by atoms with Gasteiger partial charge in [0.2, 0.25) is 5.91 Å². The number of carbonyl (C=O) groups is 1. The van der Waals surface area contributed by atoms with E-state index in [9.17, 15) is 4.79 Å². The van der Waals surface area contributed by atoms with Gasteiger partial charge in [-0.05, 0) is 12.3 Å². The summed E-state index contributed by atoms with van der Waals surface area (Å²) < 4.78 is 0. The first-order valence-electron chi connectivity index (χ1n) is 4.37. The van der Waals surface area contributed by atoms with Gasteiger partial charge >= 0.3 is 0 Å². The lowest BCUT2D eigenvalue weighted by Crippen LogP contribution is -2.54. The molecule has 1 amide bonds. The Labute approximate surface area is 80.6 Å². The molecule has 0 spiro atoms. The monoisotopic (exact) mass is 232 g/mol. The standard InChI is InChI=1S/C8H13BrN2O/c1-5-4-6(9)11-3-2-10-8(12)7(5)11/h5-7H,2-4H2,1H3,(H,10,12). The van der Waals surface area contributed by atoms with Crippen LogP contribution in [0.3, 0.4) is 0 Å². The summed E-state index contributed by atoms with van der Waals surface area (Å²) in [6.45, 7) is 3.92. The predicted molar refractivity (Wildman–Crippen MR) is 50.0 cm³/mol. The molecule has 0 radical (unpaired) electrons. The van der Waals surface area contributed by atoms with Crippen LogP contribution in [0.25, 0.3) is 0 Å². The van der Waals surface area contributed by atoms with Crippen molar-refractivity contribution in [3.05, 3.63) is 0 Å². The van der Waals surface area contributed by atoms with Crippen LogP contribution in [0, 0.1) is 5.92 Å². The summed E-state index contributed by atoms with van der Waals surface area (Å²) in [7, 11) is 0. The number of fused-ring (bicyclic) bond motifs is 1. The molecule has 1 N–H and O–H groups in total. The Bertz CT molecular complexity index is 209. The summed E-state index contributed by atoms with van der Waals surface area (Å²) in [6, 6.07) is 0.114. The first kappa shape index (κ1) is 8.51. The molecule has 3 unspecified atom stereocenters. The van der Waals surface area contributed by atoms with Crippen LogP contribution in [0.1, 0.15) is 13.3 Å². The van der Waals surface area contributed by atoms with E-state index in [4.69, 9.17) is 0 Å². The topological polar surface area (TPSA) is 32.3 Å². The fourth-order valence-electron chi connectivity index (χ4n) is 2.17. The molecule has 0 saturated carbocycles.